The van der Waals surface area contributed by atoms with Crippen molar-refractivity contribution in [2.45, 2.75) is 77.6 Å². The topological polar surface area (TPSA) is 124 Å². The molecule has 0 fully saturated rings. The van der Waals surface area contributed by atoms with Crippen LogP contribution in [0, 0.1) is 6.92 Å². The molecule has 3 N–H and O–H groups in total. The molecule has 2 atom stereocenters. The first-order valence-corrected chi connectivity index (χ1v) is 18.0. The molecule has 3 amide bonds. The Morgan fingerprint density at radius 3 is 2.15 bits per heavy atom. The van der Waals surface area contributed by atoms with Gasteiger partial charge in [0.15, 0.2) is 0 Å². The van der Waals surface area contributed by atoms with Crippen LogP contribution < -0.4 is 11.1 Å². The number of hydrogen-bond donors (Lipinski definition) is 2. The van der Waals surface area contributed by atoms with E-state index >= 15 is 0 Å². The number of rotatable bonds is 18. The minimum Gasteiger partial charge on any atom is -0.461 e. The molecule has 0 aliphatic carbocycles. The molecule has 9 nitrogen and oxygen atoms in total. The van der Waals surface area contributed by atoms with Crippen LogP contribution in [0.1, 0.15) is 71.6 Å². The third-order valence-electron chi connectivity index (χ3n) is 9.17. The van der Waals surface area contributed by atoms with Crippen molar-refractivity contribution in [2.75, 3.05) is 6.54 Å². The van der Waals surface area contributed by atoms with Crippen molar-refractivity contribution >= 4 is 34.6 Å². The molecule has 0 unspecified atom stereocenters. The maximum absolute atomic E-state index is 14.6. The van der Waals surface area contributed by atoms with Crippen LogP contribution in [0.3, 0.4) is 0 Å². The number of nitrogens with zero attached hydrogens (tertiary/aromatic N) is 2. The molecule has 0 saturated heterocycles. The van der Waals surface area contributed by atoms with Crippen LogP contribution in [0.5, 0.6) is 0 Å². The number of aromatic nitrogens is 1. The van der Waals surface area contributed by atoms with E-state index < -0.39 is 23.9 Å². The number of fused-ring (bicyclic) bond motifs is 1. The van der Waals surface area contributed by atoms with Gasteiger partial charge in [-0.2, -0.15) is 0 Å². The first-order chi connectivity index (χ1) is 25.2. The van der Waals surface area contributed by atoms with Crippen molar-refractivity contribution in [3.8, 4) is 0 Å². The molecule has 52 heavy (non-hydrogen) atoms. The lowest BCUT2D eigenvalue weighted by molar-refractivity contribution is -0.145. The minimum absolute atomic E-state index is 0.0287. The zero-order valence-corrected chi connectivity index (χ0v) is 30.0. The number of carbonyl (C=O) groups excluding carboxylic acids is 4. The summed E-state index contributed by atoms with van der Waals surface area (Å²) in [5.74, 6) is -1.62. The molecule has 9 heteroatoms. The van der Waals surface area contributed by atoms with Gasteiger partial charge in [0.1, 0.15) is 12.6 Å². The Balaban J connectivity index is 1.40. The molecular weight excluding hydrogens is 652 g/mol. The summed E-state index contributed by atoms with van der Waals surface area (Å²) in [6, 6.07) is 33.6. The Bertz CT molecular complexity index is 1940. The molecule has 5 aromatic rings. The van der Waals surface area contributed by atoms with E-state index in [1.54, 1.807) is 4.90 Å². The van der Waals surface area contributed by atoms with Crippen molar-refractivity contribution < 1.29 is 23.9 Å². The quantitative estimate of drug-likeness (QED) is 0.0981. The smallest absolute Gasteiger partial charge is 0.306 e. The van der Waals surface area contributed by atoms with E-state index in [-0.39, 0.29) is 37.7 Å². The Hall–Kier alpha value is -5.70. The number of amides is 3. The van der Waals surface area contributed by atoms with E-state index in [0.717, 1.165) is 33.2 Å². The lowest BCUT2D eigenvalue weighted by atomic mass is 9.98. The van der Waals surface area contributed by atoms with Crippen molar-refractivity contribution in [3.05, 3.63) is 143 Å². The fourth-order valence-electron chi connectivity index (χ4n) is 6.53. The lowest BCUT2D eigenvalue weighted by Gasteiger charge is -2.34. The maximum atomic E-state index is 14.6. The van der Waals surface area contributed by atoms with E-state index in [0.29, 0.717) is 37.9 Å². The highest BCUT2D eigenvalue weighted by Gasteiger charge is 2.32. The summed E-state index contributed by atoms with van der Waals surface area (Å²) in [5.41, 5.74) is 11.1. The first kappa shape index (κ1) is 37.6. The molecule has 5 rings (SSSR count). The minimum atomic E-state index is -0.967. The van der Waals surface area contributed by atoms with Gasteiger partial charge in [0.05, 0.1) is 5.56 Å². The molecule has 1 heterocycles. The second-order valence-corrected chi connectivity index (χ2v) is 13.3. The number of primary amides is 1. The van der Waals surface area contributed by atoms with Gasteiger partial charge in [-0.15, -0.1) is 0 Å². The summed E-state index contributed by atoms with van der Waals surface area (Å²) in [6.45, 7) is 5.06. The van der Waals surface area contributed by atoms with Gasteiger partial charge in [0.25, 0.3) is 5.91 Å². The third-order valence-corrected chi connectivity index (χ3v) is 9.17. The Morgan fingerprint density at radius 1 is 0.827 bits per heavy atom. The van der Waals surface area contributed by atoms with E-state index in [9.17, 15) is 19.2 Å². The van der Waals surface area contributed by atoms with Crippen molar-refractivity contribution in [1.29, 1.82) is 0 Å². The number of esters is 1. The molecule has 0 spiro atoms. The Labute approximate surface area is 305 Å². The number of ether oxygens (including phenoxy) is 1. The predicted molar refractivity (Wildman–Crippen MR) is 203 cm³/mol. The number of carbonyl (C=O) groups is 4. The SMILES string of the molecule is CCCN(C(=O)[C@H](CCCC(=O)OCc1ccccc1)NC(=O)c1cn(Cc2ccccc2)c2ccccc12)[C@H](CC(N)=O)Cc1ccc(C)cc1. The fourth-order valence-corrected chi connectivity index (χ4v) is 6.53. The Morgan fingerprint density at radius 2 is 1.48 bits per heavy atom. The van der Waals surface area contributed by atoms with Crippen LogP contribution >= 0.6 is 0 Å². The highest BCUT2D eigenvalue weighted by molar-refractivity contribution is 6.08. The fraction of sp³-hybridized carbons (Fsp3) is 0.302. The number of nitrogens with one attached hydrogen (secondary N) is 1. The third kappa shape index (κ3) is 10.4. The average Bonchev–Trinajstić information content (AvgIpc) is 3.51. The molecular formula is C43H48N4O5. The van der Waals surface area contributed by atoms with Gasteiger partial charge in [-0.3, -0.25) is 19.2 Å². The van der Waals surface area contributed by atoms with Gasteiger partial charge in [0.2, 0.25) is 11.8 Å². The number of aryl methyl sites for hydroxylation is 1. The van der Waals surface area contributed by atoms with Gasteiger partial charge in [-0.1, -0.05) is 116 Å². The lowest BCUT2D eigenvalue weighted by Crippen LogP contribution is -2.53. The first-order valence-electron chi connectivity index (χ1n) is 18.0. The van der Waals surface area contributed by atoms with Crippen molar-refractivity contribution in [2.24, 2.45) is 5.73 Å². The largest absolute Gasteiger partial charge is 0.461 e. The number of para-hydroxylation sites is 1. The number of benzene rings is 4. The van der Waals surface area contributed by atoms with Gasteiger partial charge in [-0.05, 0) is 55.4 Å². The molecule has 0 bridgehead atoms. The van der Waals surface area contributed by atoms with Crippen molar-refractivity contribution in [1.82, 2.24) is 14.8 Å². The van der Waals surface area contributed by atoms with Crippen LogP contribution in [0.2, 0.25) is 0 Å². The highest BCUT2D eigenvalue weighted by atomic mass is 16.5. The summed E-state index contributed by atoms with van der Waals surface area (Å²) in [4.78, 5) is 55.6. The summed E-state index contributed by atoms with van der Waals surface area (Å²) in [7, 11) is 0. The van der Waals surface area contributed by atoms with Gasteiger partial charge >= 0.3 is 5.97 Å². The van der Waals surface area contributed by atoms with E-state index in [1.807, 2.05) is 134 Å². The number of nitrogens with two attached hydrogens (primary N) is 1. The molecule has 0 radical (unpaired) electrons. The molecule has 0 saturated carbocycles. The molecule has 0 aliphatic heterocycles. The Kier molecular flexibility index (Phi) is 13.4. The maximum Gasteiger partial charge on any atom is 0.306 e. The van der Waals surface area contributed by atoms with E-state index in [2.05, 4.69) is 5.32 Å². The molecule has 1 aromatic heterocycles. The van der Waals surface area contributed by atoms with Crippen molar-refractivity contribution in [3.63, 3.8) is 0 Å². The zero-order valence-electron chi connectivity index (χ0n) is 30.0. The van der Waals surface area contributed by atoms with Gasteiger partial charge < -0.3 is 25.3 Å². The van der Waals surface area contributed by atoms with Crippen LogP contribution in [0.4, 0.5) is 0 Å². The predicted octanol–water partition coefficient (Wildman–Crippen LogP) is 6.74. The number of hydrogen-bond acceptors (Lipinski definition) is 5. The summed E-state index contributed by atoms with van der Waals surface area (Å²) < 4.78 is 7.52. The summed E-state index contributed by atoms with van der Waals surface area (Å²) in [5, 5.41) is 3.81. The second kappa shape index (κ2) is 18.5. The van der Waals surface area contributed by atoms with Gasteiger partial charge in [0, 0.05) is 49.1 Å². The van der Waals surface area contributed by atoms with Gasteiger partial charge in [-0.25, -0.2) is 0 Å². The molecule has 4 aromatic carbocycles. The van der Waals surface area contributed by atoms with E-state index in [4.69, 9.17) is 10.5 Å². The summed E-state index contributed by atoms with van der Waals surface area (Å²) >= 11 is 0. The highest BCUT2D eigenvalue weighted by Crippen LogP contribution is 2.24. The average molecular weight is 701 g/mol. The monoisotopic (exact) mass is 700 g/mol. The van der Waals surface area contributed by atoms with Crippen LogP contribution in [-0.2, 0) is 38.7 Å². The normalized spacial score (nSPS) is 12.2. The second-order valence-electron chi connectivity index (χ2n) is 13.3. The molecule has 0 aliphatic rings. The standard InChI is InChI=1S/C43H48N4O5/c1-3-25-47(35(27-40(44)48)26-32-23-21-31(2)22-24-32)43(51)38(18-12-20-41(49)52-30-34-15-8-5-9-16-34)45-42(50)37-29-46(28-33-13-6-4-7-14-33)39-19-11-10-17-36(37)39/h4-11,13-17,19,21-24,29,35,38H,3,12,18,20,25-28,30H2,1-2H3,(H2,44,48)(H,45,50)/t35-,38-/m0/s1. The zero-order chi connectivity index (χ0) is 36.9. The molecule has 270 valence electrons. The van der Waals surface area contributed by atoms with Crippen LogP contribution in [-0.4, -0.2) is 51.8 Å². The van der Waals surface area contributed by atoms with E-state index in [1.165, 1.54) is 0 Å². The van der Waals surface area contributed by atoms with Crippen LogP contribution in [0.15, 0.2) is 115 Å². The van der Waals surface area contributed by atoms with Crippen LogP contribution in [0.25, 0.3) is 10.9 Å². The summed E-state index contributed by atoms with van der Waals surface area (Å²) in [6.07, 6.45) is 3.43.